The number of aliphatic hydroxyl groups excluding tert-OH is 7. The standard InChI is InChI=1S/C7H14O7/c8-1-3(10)5(12)7(14)6(13)4(11)2-9/h1,4-14H,2H2/t4-,5-,6-,7-/m1/s1. The van der Waals surface area contributed by atoms with Crippen LogP contribution in [0, 0.1) is 0 Å². The molecule has 0 spiro atoms. The highest BCUT2D eigenvalue weighted by Gasteiger charge is 2.32. The van der Waals surface area contributed by atoms with Crippen molar-refractivity contribution in [3.8, 4) is 0 Å². The largest absolute Gasteiger partial charge is 0.512 e. The first-order valence-corrected chi connectivity index (χ1v) is 3.82. The number of aliphatic hydroxyl groups is 7. The van der Waals surface area contributed by atoms with Gasteiger partial charge in [0.25, 0.3) is 0 Å². The van der Waals surface area contributed by atoms with Crippen LogP contribution in [-0.2, 0) is 0 Å². The van der Waals surface area contributed by atoms with Crippen molar-refractivity contribution in [1.29, 1.82) is 0 Å². The lowest BCUT2D eigenvalue weighted by molar-refractivity contribution is -0.113. The molecule has 0 unspecified atom stereocenters. The zero-order valence-electron chi connectivity index (χ0n) is 7.22. The summed E-state index contributed by atoms with van der Waals surface area (Å²) in [6, 6.07) is 0. The monoisotopic (exact) mass is 210 g/mol. The average Bonchev–Trinajstić information content (AvgIpc) is 2.23. The molecular weight excluding hydrogens is 196 g/mol. The summed E-state index contributed by atoms with van der Waals surface area (Å²) in [5.74, 6) is -0.957. The molecule has 0 fully saturated rings. The molecule has 84 valence electrons. The first-order valence-electron chi connectivity index (χ1n) is 3.82. The molecule has 0 aliphatic carbocycles. The molecule has 0 aromatic heterocycles. The Hall–Kier alpha value is -0.860. The lowest BCUT2D eigenvalue weighted by atomic mass is 10.0. The van der Waals surface area contributed by atoms with Gasteiger partial charge >= 0.3 is 0 Å². The minimum Gasteiger partial charge on any atom is -0.512 e. The molecule has 7 heteroatoms. The minimum atomic E-state index is -1.93. The third-order valence-corrected chi connectivity index (χ3v) is 1.69. The van der Waals surface area contributed by atoms with E-state index in [1.54, 1.807) is 0 Å². The van der Waals surface area contributed by atoms with E-state index in [9.17, 15) is 0 Å². The molecule has 0 rings (SSSR count). The van der Waals surface area contributed by atoms with Gasteiger partial charge in [-0.2, -0.15) is 0 Å². The van der Waals surface area contributed by atoms with E-state index in [0.717, 1.165) is 0 Å². The number of rotatable bonds is 5. The molecule has 14 heavy (non-hydrogen) atoms. The van der Waals surface area contributed by atoms with Crippen LogP contribution in [0.3, 0.4) is 0 Å². The SMILES string of the molecule is OC=C(O)[C@@H](O)[C@@H](O)[C@H](O)[C@H](O)CO. The maximum Gasteiger partial charge on any atom is 0.158 e. The van der Waals surface area contributed by atoms with Gasteiger partial charge in [-0.3, -0.25) is 0 Å². The second-order valence-electron chi connectivity index (χ2n) is 2.73. The fraction of sp³-hybridized carbons (Fsp3) is 0.714. The molecule has 0 saturated heterocycles. The predicted molar refractivity (Wildman–Crippen MR) is 44.5 cm³/mol. The number of hydrogen-bond donors (Lipinski definition) is 7. The summed E-state index contributed by atoms with van der Waals surface area (Å²) in [7, 11) is 0. The van der Waals surface area contributed by atoms with Crippen LogP contribution in [0.4, 0.5) is 0 Å². The van der Waals surface area contributed by atoms with Crippen LogP contribution in [0.2, 0.25) is 0 Å². The Balaban J connectivity index is 4.38. The van der Waals surface area contributed by atoms with Gasteiger partial charge in [0, 0.05) is 0 Å². The third kappa shape index (κ3) is 3.13. The van der Waals surface area contributed by atoms with E-state index >= 15 is 0 Å². The second-order valence-corrected chi connectivity index (χ2v) is 2.73. The molecule has 0 bridgehead atoms. The summed E-state index contributed by atoms with van der Waals surface area (Å²) < 4.78 is 0. The summed E-state index contributed by atoms with van der Waals surface area (Å²) in [6.07, 6.45) is -7.19. The van der Waals surface area contributed by atoms with Crippen LogP contribution in [0.1, 0.15) is 0 Å². The Labute approximate surface area is 79.8 Å². The fourth-order valence-electron chi connectivity index (χ4n) is 0.774. The van der Waals surface area contributed by atoms with Crippen molar-refractivity contribution in [3.05, 3.63) is 12.0 Å². The van der Waals surface area contributed by atoms with Crippen molar-refractivity contribution in [2.24, 2.45) is 0 Å². The van der Waals surface area contributed by atoms with Gasteiger partial charge in [0.05, 0.1) is 6.61 Å². The zero-order valence-corrected chi connectivity index (χ0v) is 7.22. The quantitative estimate of drug-likeness (QED) is 0.246. The Morgan fingerprint density at radius 2 is 1.57 bits per heavy atom. The molecule has 7 N–H and O–H groups in total. The predicted octanol–water partition coefficient (Wildman–Crippen LogP) is -2.62. The zero-order chi connectivity index (χ0) is 11.3. The summed E-state index contributed by atoms with van der Waals surface area (Å²) in [6.45, 7) is -0.811. The highest BCUT2D eigenvalue weighted by Crippen LogP contribution is 2.09. The van der Waals surface area contributed by atoms with Gasteiger partial charge in [-0.05, 0) is 0 Å². The molecule has 0 amide bonds. The molecule has 7 nitrogen and oxygen atoms in total. The van der Waals surface area contributed by atoms with Gasteiger partial charge in [0.1, 0.15) is 30.7 Å². The van der Waals surface area contributed by atoms with E-state index in [2.05, 4.69) is 0 Å². The van der Waals surface area contributed by atoms with Crippen LogP contribution in [0.15, 0.2) is 12.0 Å². The van der Waals surface area contributed by atoms with E-state index in [0.29, 0.717) is 0 Å². The van der Waals surface area contributed by atoms with Gasteiger partial charge in [-0.25, -0.2) is 0 Å². The summed E-state index contributed by atoms with van der Waals surface area (Å²) >= 11 is 0. The van der Waals surface area contributed by atoms with Crippen molar-refractivity contribution in [1.82, 2.24) is 0 Å². The fourth-order valence-corrected chi connectivity index (χ4v) is 0.774. The second kappa shape index (κ2) is 5.78. The van der Waals surface area contributed by atoms with Crippen molar-refractivity contribution < 1.29 is 35.7 Å². The van der Waals surface area contributed by atoms with Gasteiger partial charge in [0.2, 0.25) is 0 Å². The molecule has 0 aromatic rings. The maximum absolute atomic E-state index is 9.11. The van der Waals surface area contributed by atoms with Crippen LogP contribution in [0.5, 0.6) is 0 Å². The van der Waals surface area contributed by atoms with Gasteiger partial charge in [-0.15, -0.1) is 0 Å². The van der Waals surface area contributed by atoms with Crippen LogP contribution in [-0.4, -0.2) is 66.8 Å². The molecule has 4 atom stereocenters. The van der Waals surface area contributed by atoms with Gasteiger partial charge in [-0.1, -0.05) is 0 Å². The van der Waals surface area contributed by atoms with Crippen molar-refractivity contribution in [2.45, 2.75) is 24.4 Å². The average molecular weight is 210 g/mol. The molecular formula is C7H14O7. The lowest BCUT2D eigenvalue weighted by Crippen LogP contribution is -2.46. The van der Waals surface area contributed by atoms with Crippen LogP contribution in [0.25, 0.3) is 0 Å². The first-order chi connectivity index (χ1) is 6.45. The van der Waals surface area contributed by atoms with E-state index in [-0.39, 0.29) is 6.26 Å². The summed E-state index contributed by atoms with van der Waals surface area (Å²) in [5, 5.41) is 61.5. The van der Waals surface area contributed by atoms with E-state index < -0.39 is 36.8 Å². The first kappa shape index (κ1) is 13.1. The van der Waals surface area contributed by atoms with E-state index in [4.69, 9.17) is 35.7 Å². The van der Waals surface area contributed by atoms with Gasteiger partial charge in [0.15, 0.2) is 5.76 Å². The highest BCUT2D eigenvalue weighted by molar-refractivity contribution is 4.99. The van der Waals surface area contributed by atoms with Crippen LogP contribution < -0.4 is 0 Å². The highest BCUT2D eigenvalue weighted by atomic mass is 16.4. The molecule has 0 saturated carbocycles. The maximum atomic E-state index is 9.11. The molecule has 0 heterocycles. The summed E-state index contributed by atoms with van der Waals surface area (Å²) in [5.41, 5.74) is 0. The Bertz CT molecular complexity index is 192. The number of hydrogen-bond acceptors (Lipinski definition) is 7. The molecule has 0 aromatic carbocycles. The molecule has 0 aliphatic heterocycles. The summed E-state index contributed by atoms with van der Waals surface area (Å²) in [4.78, 5) is 0. The topological polar surface area (TPSA) is 142 Å². The van der Waals surface area contributed by atoms with Crippen molar-refractivity contribution in [2.75, 3.05) is 6.61 Å². The Morgan fingerprint density at radius 3 is 1.93 bits per heavy atom. The van der Waals surface area contributed by atoms with Crippen LogP contribution >= 0.6 is 0 Å². The van der Waals surface area contributed by atoms with Gasteiger partial charge < -0.3 is 35.7 Å². The van der Waals surface area contributed by atoms with Crippen molar-refractivity contribution in [3.63, 3.8) is 0 Å². The Kier molecular flexibility index (Phi) is 5.43. The molecule has 0 radical (unpaired) electrons. The van der Waals surface area contributed by atoms with E-state index in [1.165, 1.54) is 0 Å². The minimum absolute atomic E-state index is 0.145. The third-order valence-electron chi connectivity index (χ3n) is 1.69. The normalized spacial score (nSPS) is 21.4. The smallest absolute Gasteiger partial charge is 0.158 e. The molecule has 0 aliphatic rings. The Morgan fingerprint density at radius 1 is 1.07 bits per heavy atom. The van der Waals surface area contributed by atoms with E-state index in [1.807, 2.05) is 0 Å². The lowest BCUT2D eigenvalue weighted by Gasteiger charge is -2.24. The van der Waals surface area contributed by atoms with Crippen molar-refractivity contribution >= 4 is 0 Å².